The second-order valence-corrected chi connectivity index (χ2v) is 5.46. The number of aromatic nitrogens is 4. The summed E-state index contributed by atoms with van der Waals surface area (Å²) in [6.45, 7) is 6.94. The molecule has 2 heterocycles. The molecule has 9 heteroatoms. The van der Waals surface area contributed by atoms with E-state index in [1.54, 1.807) is 4.68 Å². The van der Waals surface area contributed by atoms with Crippen LogP contribution in [0.15, 0.2) is 0 Å². The highest BCUT2D eigenvalue weighted by Crippen LogP contribution is 2.26. The lowest BCUT2D eigenvalue weighted by Crippen LogP contribution is -2.06. The summed E-state index contributed by atoms with van der Waals surface area (Å²) >= 11 is 1.44. The van der Waals surface area contributed by atoms with Crippen molar-refractivity contribution in [2.24, 2.45) is 0 Å². The number of nitrogens with zero attached hydrogens (tertiary/aromatic N) is 5. The van der Waals surface area contributed by atoms with Crippen molar-refractivity contribution in [2.75, 3.05) is 11.9 Å². The van der Waals surface area contributed by atoms with Gasteiger partial charge in [-0.25, -0.2) is 0 Å². The van der Waals surface area contributed by atoms with Crippen LogP contribution in [0.1, 0.15) is 37.2 Å². The van der Waals surface area contributed by atoms with E-state index >= 15 is 0 Å². The molecule has 0 saturated heterocycles. The average molecular weight is 310 g/mol. The molecule has 0 aliphatic rings. The van der Waals surface area contributed by atoms with Crippen LogP contribution in [-0.4, -0.2) is 31.4 Å². The molecule has 0 aromatic carbocycles. The van der Waals surface area contributed by atoms with Gasteiger partial charge in [0.2, 0.25) is 5.13 Å². The van der Waals surface area contributed by atoms with Crippen LogP contribution in [0.2, 0.25) is 0 Å². The number of rotatable bonds is 7. The van der Waals surface area contributed by atoms with Gasteiger partial charge >= 0.3 is 5.69 Å². The molecule has 0 aliphatic heterocycles. The molecule has 0 saturated carbocycles. The van der Waals surface area contributed by atoms with E-state index in [1.165, 1.54) is 11.3 Å². The fourth-order valence-electron chi connectivity index (χ4n) is 2.14. The Hall–Kier alpha value is -2.03. The SMILES string of the molecule is CCNc1nnc(Cn2nc(CC)c([N+](=O)[O-])c2CC)s1. The van der Waals surface area contributed by atoms with Crippen LogP contribution >= 0.6 is 11.3 Å². The zero-order valence-corrected chi connectivity index (χ0v) is 13.1. The number of hydrogen-bond donors (Lipinski definition) is 1. The van der Waals surface area contributed by atoms with Gasteiger partial charge in [0.25, 0.3) is 0 Å². The Labute approximate surface area is 126 Å². The van der Waals surface area contributed by atoms with E-state index < -0.39 is 0 Å². The standard InChI is InChI=1S/C12H18N6O2S/c1-4-8-11(18(19)20)9(5-2)17(16-8)7-10-14-15-12(21-10)13-6-3/h4-7H2,1-3H3,(H,13,15). The third kappa shape index (κ3) is 3.18. The molecule has 114 valence electrons. The summed E-state index contributed by atoms with van der Waals surface area (Å²) in [5, 5.41) is 28.3. The van der Waals surface area contributed by atoms with Crippen LogP contribution in [0.5, 0.6) is 0 Å². The topological polar surface area (TPSA) is 98.8 Å². The molecule has 2 aromatic heterocycles. The highest BCUT2D eigenvalue weighted by Gasteiger charge is 2.25. The Morgan fingerprint density at radius 1 is 1.29 bits per heavy atom. The summed E-state index contributed by atoms with van der Waals surface area (Å²) in [4.78, 5) is 10.9. The van der Waals surface area contributed by atoms with Crippen molar-refractivity contribution in [3.05, 3.63) is 26.5 Å². The van der Waals surface area contributed by atoms with Crippen molar-refractivity contribution in [3.63, 3.8) is 0 Å². The van der Waals surface area contributed by atoms with Gasteiger partial charge in [0.1, 0.15) is 16.4 Å². The first-order valence-corrected chi connectivity index (χ1v) is 7.71. The fourth-order valence-corrected chi connectivity index (χ4v) is 2.93. The molecule has 0 aliphatic carbocycles. The van der Waals surface area contributed by atoms with E-state index in [9.17, 15) is 10.1 Å². The Morgan fingerprint density at radius 3 is 2.62 bits per heavy atom. The normalized spacial score (nSPS) is 10.8. The van der Waals surface area contributed by atoms with Crippen LogP contribution in [0.3, 0.4) is 0 Å². The largest absolute Gasteiger partial charge is 0.360 e. The minimum Gasteiger partial charge on any atom is -0.360 e. The molecule has 8 nitrogen and oxygen atoms in total. The molecular weight excluding hydrogens is 292 g/mol. The van der Waals surface area contributed by atoms with Crippen LogP contribution in [0.25, 0.3) is 0 Å². The van der Waals surface area contributed by atoms with Gasteiger partial charge in [-0.15, -0.1) is 10.2 Å². The van der Waals surface area contributed by atoms with Crippen molar-refractivity contribution >= 4 is 22.2 Å². The molecule has 0 bridgehead atoms. The Kier molecular flexibility index (Phi) is 4.84. The van der Waals surface area contributed by atoms with Crippen molar-refractivity contribution in [2.45, 2.75) is 40.2 Å². The molecule has 2 aromatic rings. The smallest absolute Gasteiger partial charge is 0.313 e. The summed E-state index contributed by atoms with van der Waals surface area (Å²) in [6.07, 6.45) is 1.09. The molecular formula is C12H18N6O2S. The van der Waals surface area contributed by atoms with Crippen molar-refractivity contribution in [1.82, 2.24) is 20.0 Å². The first-order valence-electron chi connectivity index (χ1n) is 6.89. The van der Waals surface area contributed by atoms with Crippen molar-refractivity contribution in [3.8, 4) is 0 Å². The Balaban J connectivity index is 2.32. The van der Waals surface area contributed by atoms with Gasteiger partial charge in [0.05, 0.1) is 11.5 Å². The molecule has 0 radical (unpaired) electrons. The van der Waals surface area contributed by atoms with E-state index in [0.717, 1.165) is 16.7 Å². The fraction of sp³-hybridized carbons (Fsp3) is 0.583. The van der Waals surface area contributed by atoms with Crippen LogP contribution in [0, 0.1) is 10.1 Å². The van der Waals surface area contributed by atoms with Crippen LogP contribution < -0.4 is 5.32 Å². The maximum atomic E-state index is 11.2. The molecule has 2 rings (SSSR count). The lowest BCUT2D eigenvalue weighted by atomic mass is 10.2. The number of hydrogen-bond acceptors (Lipinski definition) is 7. The summed E-state index contributed by atoms with van der Waals surface area (Å²) < 4.78 is 1.67. The third-order valence-electron chi connectivity index (χ3n) is 3.03. The Morgan fingerprint density at radius 2 is 2.05 bits per heavy atom. The second kappa shape index (κ2) is 6.61. The van der Waals surface area contributed by atoms with Gasteiger partial charge in [-0.2, -0.15) is 5.10 Å². The molecule has 0 atom stereocenters. The predicted octanol–water partition coefficient (Wildman–Crippen LogP) is 2.25. The zero-order chi connectivity index (χ0) is 15.4. The van der Waals surface area contributed by atoms with Gasteiger partial charge in [-0.05, 0) is 19.8 Å². The van der Waals surface area contributed by atoms with Gasteiger partial charge < -0.3 is 5.32 Å². The molecule has 0 fully saturated rings. The Bertz CT molecular complexity index is 636. The van der Waals surface area contributed by atoms with E-state index in [-0.39, 0.29) is 10.6 Å². The summed E-state index contributed by atoms with van der Waals surface area (Å²) in [5.74, 6) is 0. The number of nitro groups is 1. The molecule has 1 N–H and O–H groups in total. The lowest BCUT2D eigenvalue weighted by molar-refractivity contribution is -0.386. The highest BCUT2D eigenvalue weighted by atomic mass is 32.1. The maximum Gasteiger partial charge on any atom is 0.313 e. The number of nitrogens with one attached hydrogen (secondary N) is 1. The van der Waals surface area contributed by atoms with E-state index in [2.05, 4.69) is 20.6 Å². The molecule has 0 amide bonds. The molecule has 0 spiro atoms. The van der Waals surface area contributed by atoms with Crippen LogP contribution in [0.4, 0.5) is 10.8 Å². The highest BCUT2D eigenvalue weighted by molar-refractivity contribution is 7.15. The average Bonchev–Trinajstić information content (AvgIpc) is 3.03. The molecule has 21 heavy (non-hydrogen) atoms. The quantitative estimate of drug-likeness (QED) is 0.622. The first-order chi connectivity index (χ1) is 10.1. The summed E-state index contributed by atoms with van der Waals surface area (Å²) in [7, 11) is 0. The maximum absolute atomic E-state index is 11.2. The minimum absolute atomic E-state index is 0.136. The van der Waals surface area contributed by atoms with Gasteiger partial charge in [0, 0.05) is 6.54 Å². The monoisotopic (exact) mass is 310 g/mol. The lowest BCUT2D eigenvalue weighted by Gasteiger charge is -2.01. The van der Waals surface area contributed by atoms with Crippen LogP contribution in [-0.2, 0) is 19.4 Å². The van der Waals surface area contributed by atoms with Crippen molar-refractivity contribution < 1.29 is 4.92 Å². The summed E-state index contributed by atoms with van der Waals surface area (Å²) in [5.41, 5.74) is 1.29. The van der Waals surface area contributed by atoms with Crippen molar-refractivity contribution in [1.29, 1.82) is 0 Å². The second-order valence-electron chi connectivity index (χ2n) is 4.40. The van der Waals surface area contributed by atoms with E-state index in [4.69, 9.17) is 0 Å². The van der Waals surface area contributed by atoms with Gasteiger partial charge in [-0.1, -0.05) is 25.2 Å². The minimum atomic E-state index is -0.342. The zero-order valence-electron chi connectivity index (χ0n) is 12.3. The van der Waals surface area contributed by atoms with E-state index in [1.807, 2.05) is 20.8 Å². The third-order valence-corrected chi connectivity index (χ3v) is 3.90. The van der Waals surface area contributed by atoms with E-state index in [0.29, 0.717) is 30.8 Å². The summed E-state index contributed by atoms with van der Waals surface area (Å²) in [6, 6.07) is 0. The first kappa shape index (κ1) is 15.4. The molecule has 0 unspecified atom stereocenters. The number of aryl methyl sites for hydroxylation is 1. The van der Waals surface area contributed by atoms with Gasteiger partial charge in [-0.3, -0.25) is 14.8 Å². The van der Waals surface area contributed by atoms with Gasteiger partial charge in [0.15, 0.2) is 0 Å². The predicted molar refractivity (Wildman–Crippen MR) is 80.8 cm³/mol. The number of anilines is 1.